The van der Waals surface area contributed by atoms with Gasteiger partial charge in [-0.15, -0.1) is 0 Å². The van der Waals surface area contributed by atoms with Gasteiger partial charge < -0.3 is 5.32 Å². The number of aromatic amines is 1. The van der Waals surface area contributed by atoms with Crippen molar-refractivity contribution in [3.63, 3.8) is 0 Å². The molecule has 2 rings (SSSR count). The first-order valence-electron chi connectivity index (χ1n) is 5.87. The van der Waals surface area contributed by atoms with E-state index in [2.05, 4.69) is 31.4 Å². The molecule has 1 heterocycles. The molecule has 1 amide bonds. The maximum Gasteiger partial charge on any atom is 0.416 e. The minimum atomic E-state index is -4.46. The lowest BCUT2D eigenvalue weighted by atomic mass is 10.1. The summed E-state index contributed by atoms with van der Waals surface area (Å²) in [6.45, 7) is 1.25. The maximum absolute atomic E-state index is 12.7. The van der Waals surface area contributed by atoms with Crippen molar-refractivity contribution >= 4 is 27.7 Å². The van der Waals surface area contributed by atoms with Crippen LogP contribution in [0.15, 0.2) is 22.7 Å². The highest BCUT2D eigenvalue weighted by molar-refractivity contribution is 9.10. The van der Waals surface area contributed by atoms with E-state index in [1.165, 1.54) is 13.0 Å². The van der Waals surface area contributed by atoms with Gasteiger partial charge in [-0.25, -0.2) is 0 Å². The third kappa shape index (κ3) is 3.12. The van der Waals surface area contributed by atoms with E-state index < -0.39 is 17.6 Å². The number of aromatic nitrogens is 2. The smallest absolute Gasteiger partial charge is 0.308 e. The summed E-state index contributed by atoms with van der Waals surface area (Å²) in [6.07, 6.45) is -4.46. The SMILES string of the molecule is CC(=O)Nc1n[nH]c(-c2ccc(C(F)(F)F)cc2Br)c1C#N. The third-order valence-electron chi connectivity index (χ3n) is 2.74. The van der Waals surface area contributed by atoms with Crippen LogP contribution >= 0.6 is 15.9 Å². The molecule has 0 spiro atoms. The zero-order chi connectivity index (χ0) is 16.5. The number of carbonyl (C=O) groups excluding carboxylic acids is 1. The van der Waals surface area contributed by atoms with E-state index in [1.807, 2.05) is 6.07 Å². The molecule has 0 unspecified atom stereocenters. The zero-order valence-electron chi connectivity index (χ0n) is 11.0. The number of halogens is 4. The Hall–Kier alpha value is -2.34. The molecule has 0 aliphatic rings. The zero-order valence-corrected chi connectivity index (χ0v) is 12.6. The summed E-state index contributed by atoms with van der Waals surface area (Å²) in [7, 11) is 0. The number of nitrogens with one attached hydrogen (secondary N) is 2. The summed E-state index contributed by atoms with van der Waals surface area (Å²) in [4.78, 5) is 11.0. The first-order chi connectivity index (χ1) is 10.2. The van der Waals surface area contributed by atoms with Gasteiger partial charge in [0, 0.05) is 17.0 Å². The van der Waals surface area contributed by atoms with Crippen molar-refractivity contribution < 1.29 is 18.0 Å². The highest BCUT2D eigenvalue weighted by atomic mass is 79.9. The third-order valence-corrected chi connectivity index (χ3v) is 3.39. The highest BCUT2D eigenvalue weighted by Crippen LogP contribution is 2.37. The summed E-state index contributed by atoms with van der Waals surface area (Å²) in [6, 6.07) is 4.90. The normalized spacial score (nSPS) is 11.1. The van der Waals surface area contributed by atoms with Gasteiger partial charge in [0.15, 0.2) is 5.82 Å². The molecular formula is C13H8BrF3N4O. The van der Waals surface area contributed by atoms with Gasteiger partial charge in [-0.05, 0) is 12.1 Å². The van der Waals surface area contributed by atoms with E-state index in [-0.39, 0.29) is 21.5 Å². The van der Waals surface area contributed by atoms with Gasteiger partial charge in [0.1, 0.15) is 11.6 Å². The summed E-state index contributed by atoms with van der Waals surface area (Å²) in [5.74, 6) is -0.391. The van der Waals surface area contributed by atoms with E-state index in [0.717, 1.165) is 12.1 Å². The first-order valence-corrected chi connectivity index (χ1v) is 6.66. The van der Waals surface area contributed by atoms with Gasteiger partial charge in [0.25, 0.3) is 0 Å². The Kier molecular flexibility index (Phi) is 4.23. The lowest BCUT2D eigenvalue weighted by Gasteiger charge is -2.09. The molecule has 5 nitrogen and oxygen atoms in total. The quantitative estimate of drug-likeness (QED) is 0.843. The monoisotopic (exact) mass is 372 g/mol. The van der Waals surface area contributed by atoms with Gasteiger partial charge in [-0.1, -0.05) is 22.0 Å². The average molecular weight is 373 g/mol. The first kappa shape index (κ1) is 16.0. The molecule has 2 aromatic rings. The Bertz CT molecular complexity index is 777. The molecule has 0 saturated carbocycles. The van der Waals surface area contributed by atoms with Gasteiger partial charge in [0.05, 0.1) is 11.3 Å². The van der Waals surface area contributed by atoms with Crippen molar-refractivity contribution in [3.05, 3.63) is 33.8 Å². The van der Waals surface area contributed by atoms with Crippen LogP contribution in [0.5, 0.6) is 0 Å². The van der Waals surface area contributed by atoms with E-state index in [9.17, 15) is 23.2 Å². The number of nitriles is 1. The van der Waals surface area contributed by atoms with E-state index in [0.29, 0.717) is 5.56 Å². The van der Waals surface area contributed by atoms with Crippen molar-refractivity contribution in [1.82, 2.24) is 10.2 Å². The predicted octanol–water partition coefficient (Wildman–Crippen LogP) is 3.69. The number of benzene rings is 1. The van der Waals surface area contributed by atoms with Crippen LogP contribution in [0.2, 0.25) is 0 Å². The van der Waals surface area contributed by atoms with Crippen LogP contribution < -0.4 is 5.32 Å². The number of amides is 1. The molecule has 22 heavy (non-hydrogen) atoms. The summed E-state index contributed by atoms with van der Waals surface area (Å²) in [5, 5.41) is 17.9. The number of nitrogens with zero attached hydrogens (tertiary/aromatic N) is 2. The van der Waals surface area contributed by atoms with Crippen LogP contribution in [0, 0.1) is 11.3 Å². The molecular weight excluding hydrogens is 365 g/mol. The Morgan fingerprint density at radius 2 is 2.14 bits per heavy atom. The molecule has 0 aliphatic carbocycles. The topological polar surface area (TPSA) is 81.6 Å². The number of anilines is 1. The fourth-order valence-electron chi connectivity index (χ4n) is 1.80. The molecule has 1 aromatic carbocycles. The molecule has 0 atom stereocenters. The fraction of sp³-hybridized carbons (Fsp3) is 0.154. The van der Waals surface area contributed by atoms with Crippen LogP contribution in [0.25, 0.3) is 11.3 Å². The lowest BCUT2D eigenvalue weighted by Crippen LogP contribution is -2.07. The van der Waals surface area contributed by atoms with Crippen LogP contribution in [0.4, 0.5) is 19.0 Å². The fourth-order valence-corrected chi connectivity index (χ4v) is 2.37. The van der Waals surface area contributed by atoms with Crippen molar-refractivity contribution in [2.75, 3.05) is 5.32 Å². The number of rotatable bonds is 2. The second-order valence-electron chi connectivity index (χ2n) is 4.31. The Morgan fingerprint density at radius 3 is 2.64 bits per heavy atom. The molecule has 0 saturated heterocycles. The molecule has 2 N–H and O–H groups in total. The molecule has 0 fully saturated rings. The minimum Gasteiger partial charge on any atom is -0.308 e. The van der Waals surface area contributed by atoms with E-state index in [1.54, 1.807) is 0 Å². The standard InChI is InChI=1S/C13H8BrF3N4O/c1-6(22)19-12-9(5-18)11(20-21-12)8-3-2-7(4-10(8)14)13(15,16)17/h2-4H,1H3,(H2,19,20,21,22). The summed E-state index contributed by atoms with van der Waals surface area (Å²) >= 11 is 3.06. The lowest BCUT2D eigenvalue weighted by molar-refractivity contribution is -0.137. The number of alkyl halides is 3. The molecule has 9 heteroatoms. The largest absolute Gasteiger partial charge is 0.416 e. The second-order valence-corrected chi connectivity index (χ2v) is 5.16. The number of hydrogen-bond acceptors (Lipinski definition) is 3. The number of H-pyrrole nitrogens is 1. The average Bonchev–Trinajstić information content (AvgIpc) is 2.79. The van der Waals surface area contributed by atoms with Crippen molar-refractivity contribution in [1.29, 1.82) is 5.26 Å². The van der Waals surface area contributed by atoms with Crippen LogP contribution in [-0.4, -0.2) is 16.1 Å². The van der Waals surface area contributed by atoms with Crippen molar-refractivity contribution in [3.8, 4) is 17.3 Å². The van der Waals surface area contributed by atoms with E-state index >= 15 is 0 Å². The number of carbonyl (C=O) groups is 1. The second kappa shape index (κ2) is 5.81. The van der Waals surface area contributed by atoms with Crippen LogP contribution in [0.3, 0.4) is 0 Å². The summed E-state index contributed by atoms with van der Waals surface area (Å²) < 4.78 is 38.1. The van der Waals surface area contributed by atoms with Crippen LogP contribution in [-0.2, 0) is 11.0 Å². The molecule has 1 aromatic heterocycles. The molecule has 0 bridgehead atoms. The number of hydrogen-bond donors (Lipinski definition) is 2. The van der Waals surface area contributed by atoms with Gasteiger partial charge >= 0.3 is 6.18 Å². The van der Waals surface area contributed by atoms with E-state index in [4.69, 9.17) is 0 Å². The summed E-state index contributed by atoms with van der Waals surface area (Å²) in [5.41, 5.74) is -0.237. The minimum absolute atomic E-state index is 0.0248. The van der Waals surface area contributed by atoms with Gasteiger partial charge in [-0.3, -0.25) is 9.89 Å². The molecule has 114 valence electrons. The Morgan fingerprint density at radius 1 is 1.45 bits per heavy atom. The Labute approximate surface area is 131 Å². The van der Waals surface area contributed by atoms with Crippen molar-refractivity contribution in [2.45, 2.75) is 13.1 Å². The highest BCUT2D eigenvalue weighted by Gasteiger charge is 2.31. The van der Waals surface area contributed by atoms with Crippen LogP contribution in [0.1, 0.15) is 18.1 Å². The molecule has 0 radical (unpaired) electrons. The van der Waals surface area contributed by atoms with Gasteiger partial charge in [0.2, 0.25) is 5.91 Å². The van der Waals surface area contributed by atoms with Gasteiger partial charge in [-0.2, -0.15) is 23.5 Å². The molecule has 0 aliphatic heterocycles. The Balaban J connectivity index is 2.52. The van der Waals surface area contributed by atoms with Crippen molar-refractivity contribution in [2.24, 2.45) is 0 Å². The maximum atomic E-state index is 12.7. The predicted molar refractivity (Wildman–Crippen MR) is 75.7 cm³/mol.